The highest BCUT2D eigenvalue weighted by atomic mass is 16.5. The van der Waals surface area contributed by atoms with Crippen molar-refractivity contribution in [2.24, 2.45) is 0 Å². The van der Waals surface area contributed by atoms with Crippen molar-refractivity contribution < 1.29 is 18.7 Å². The monoisotopic (exact) mass is 390 g/mol. The highest BCUT2D eigenvalue weighted by Gasteiger charge is 2.08. The lowest BCUT2D eigenvalue weighted by Gasteiger charge is -2.06. The second-order valence-corrected chi connectivity index (χ2v) is 6.25. The Morgan fingerprint density at radius 2 is 1.66 bits per heavy atom. The van der Waals surface area contributed by atoms with Crippen LogP contribution in [0, 0.1) is 0 Å². The number of benzene rings is 2. The van der Waals surface area contributed by atoms with Crippen LogP contribution in [0.1, 0.15) is 29.5 Å². The maximum Gasteiger partial charge on any atom is 0.291 e. The third kappa shape index (κ3) is 6.10. The van der Waals surface area contributed by atoms with Crippen LogP contribution in [0.5, 0.6) is 5.75 Å². The third-order valence-corrected chi connectivity index (χ3v) is 3.94. The summed E-state index contributed by atoms with van der Waals surface area (Å²) in [4.78, 5) is 24.0. The van der Waals surface area contributed by atoms with Gasteiger partial charge in [-0.2, -0.15) is 0 Å². The number of hydrogen-bond donors (Lipinski definition) is 2. The largest absolute Gasteiger partial charge is 0.494 e. The Hall–Kier alpha value is -3.80. The van der Waals surface area contributed by atoms with Gasteiger partial charge in [-0.3, -0.25) is 9.59 Å². The highest BCUT2D eigenvalue weighted by molar-refractivity contribution is 6.03. The van der Waals surface area contributed by atoms with Crippen molar-refractivity contribution in [1.29, 1.82) is 0 Å². The maximum absolute atomic E-state index is 12.1. The van der Waals surface area contributed by atoms with E-state index in [1.807, 2.05) is 24.3 Å². The highest BCUT2D eigenvalue weighted by Crippen LogP contribution is 2.16. The average molecular weight is 390 g/mol. The summed E-state index contributed by atoms with van der Waals surface area (Å²) < 4.78 is 10.6. The Labute approximate surface area is 169 Å². The number of ether oxygens (including phenoxy) is 1. The summed E-state index contributed by atoms with van der Waals surface area (Å²) >= 11 is 0. The summed E-state index contributed by atoms with van der Waals surface area (Å²) in [5.41, 5.74) is 2.13. The second-order valence-electron chi connectivity index (χ2n) is 6.25. The Kier molecular flexibility index (Phi) is 6.84. The predicted octanol–water partition coefficient (Wildman–Crippen LogP) is 4.97. The number of nitrogens with one attached hydrogen (secondary N) is 2. The molecule has 0 aliphatic rings. The van der Waals surface area contributed by atoms with Gasteiger partial charge in [0.15, 0.2) is 5.76 Å². The van der Waals surface area contributed by atoms with E-state index in [4.69, 9.17) is 9.15 Å². The molecule has 148 valence electrons. The first-order valence-corrected chi connectivity index (χ1v) is 9.31. The summed E-state index contributed by atoms with van der Waals surface area (Å²) in [6.45, 7) is 2.74. The van der Waals surface area contributed by atoms with Gasteiger partial charge in [-0.1, -0.05) is 19.1 Å². The van der Waals surface area contributed by atoms with Gasteiger partial charge in [-0.15, -0.1) is 0 Å². The van der Waals surface area contributed by atoms with Gasteiger partial charge in [-0.25, -0.2) is 0 Å². The molecule has 0 radical (unpaired) electrons. The molecule has 1 aromatic heterocycles. The zero-order valence-corrected chi connectivity index (χ0v) is 16.1. The van der Waals surface area contributed by atoms with Gasteiger partial charge in [0.1, 0.15) is 5.75 Å². The zero-order valence-electron chi connectivity index (χ0n) is 16.1. The lowest BCUT2D eigenvalue weighted by Crippen LogP contribution is -2.11. The summed E-state index contributed by atoms with van der Waals surface area (Å²) in [6.07, 6.45) is 5.60. The van der Waals surface area contributed by atoms with Gasteiger partial charge >= 0.3 is 0 Å². The van der Waals surface area contributed by atoms with Crippen molar-refractivity contribution in [2.75, 3.05) is 17.2 Å². The Balaban J connectivity index is 1.51. The molecule has 2 aromatic carbocycles. The van der Waals surface area contributed by atoms with Crippen LogP contribution in [0.15, 0.2) is 77.4 Å². The van der Waals surface area contributed by atoms with E-state index in [0.29, 0.717) is 18.0 Å². The number of anilines is 2. The van der Waals surface area contributed by atoms with Gasteiger partial charge in [-0.05, 0) is 66.6 Å². The number of amides is 2. The van der Waals surface area contributed by atoms with Crippen LogP contribution in [-0.4, -0.2) is 18.4 Å². The van der Waals surface area contributed by atoms with E-state index >= 15 is 0 Å². The summed E-state index contributed by atoms with van der Waals surface area (Å²) in [7, 11) is 0. The molecule has 0 fully saturated rings. The molecule has 0 atom stereocenters. The first kappa shape index (κ1) is 19.9. The molecule has 0 saturated carbocycles. The summed E-state index contributed by atoms with van der Waals surface area (Å²) in [5.74, 6) is 0.467. The molecule has 6 nitrogen and oxygen atoms in total. The molecular formula is C23H22N2O4. The quantitative estimate of drug-likeness (QED) is 0.532. The minimum Gasteiger partial charge on any atom is -0.494 e. The average Bonchev–Trinajstić information content (AvgIpc) is 3.28. The van der Waals surface area contributed by atoms with Crippen LogP contribution in [0.25, 0.3) is 6.08 Å². The molecule has 0 saturated heterocycles. The summed E-state index contributed by atoms with van der Waals surface area (Å²) in [6, 6.07) is 17.6. The lowest BCUT2D eigenvalue weighted by atomic mass is 10.2. The van der Waals surface area contributed by atoms with Gasteiger partial charge in [0.25, 0.3) is 5.91 Å². The Morgan fingerprint density at radius 1 is 0.966 bits per heavy atom. The molecule has 29 heavy (non-hydrogen) atoms. The minimum atomic E-state index is -0.333. The van der Waals surface area contributed by atoms with Gasteiger partial charge < -0.3 is 19.8 Å². The van der Waals surface area contributed by atoms with Crippen molar-refractivity contribution in [1.82, 2.24) is 0 Å². The molecule has 6 heteroatoms. The number of rotatable bonds is 8. The van der Waals surface area contributed by atoms with Gasteiger partial charge in [0.2, 0.25) is 5.91 Å². The standard InChI is InChI=1S/C23H22N2O4/c1-2-15-28-20-12-5-17(6-13-20)7-14-22(26)24-18-8-10-19(11-9-18)25-23(27)21-4-3-16-29-21/h3-14,16H,2,15H2,1H3,(H,24,26)(H,25,27)/b14-7+. The Bertz CT molecular complexity index is 959. The molecule has 3 aromatic rings. The lowest BCUT2D eigenvalue weighted by molar-refractivity contribution is -0.111. The SMILES string of the molecule is CCCOc1ccc(/C=C/C(=O)Nc2ccc(NC(=O)c3ccco3)cc2)cc1. The molecule has 2 amide bonds. The van der Waals surface area contributed by atoms with Crippen molar-refractivity contribution in [3.05, 3.63) is 84.3 Å². The predicted molar refractivity (Wildman–Crippen MR) is 113 cm³/mol. The number of carbonyl (C=O) groups excluding carboxylic acids is 2. The molecule has 2 N–H and O–H groups in total. The van der Waals surface area contributed by atoms with Crippen molar-refractivity contribution >= 4 is 29.3 Å². The molecule has 0 aliphatic heterocycles. The first-order valence-electron chi connectivity index (χ1n) is 9.31. The fourth-order valence-electron chi connectivity index (χ4n) is 2.49. The van der Waals surface area contributed by atoms with Gasteiger partial charge in [0, 0.05) is 17.5 Å². The molecule has 0 aliphatic carbocycles. The van der Waals surface area contributed by atoms with Gasteiger partial charge in [0.05, 0.1) is 12.9 Å². The van der Waals surface area contributed by atoms with Crippen LogP contribution < -0.4 is 15.4 Å². The van der Waals surface area contributed by atoms with E-state index in [9.17, 15) is 9.59 Å². The van der Waals surface area contributed by atoms with Crippen molar-refractivity contribution in [3.63, 3.8) is 0 Å². The topological polar surface area (TPSA) is 80.6 Å². The van der Waals surface area contributed by atoms with E-state index in [1.54, 1.807) is 42.5 Å². The zero-order chi connectivity index (χ0) is 20.5. The van der Waals surface area contributed by atoms with Crippen molar-refractivity contribution in [2.45, 2.75) is 13.3 Å². The number of carbonyl (C=O) groups is 2. The van der Waals surface area contributed by atoms with Crippen LogP contribution in [-0.2, 0) is 4.79 Å². The van der Waals surface area contributed by atoms with E-state index in [0.717, 1.165) is 17.7 Å². The van der Waals surface area contributed by atoms with Crippen LogP contribution in [0.4, 0.5) is 11.4 Å². The minimum absolute atomic E-state index is 0.234. The fourth-order valence-corrected chi connectivity index (χ4v) is 2.49. The molecule has 0 unspecified atom stereocenters. The molecule has 1 heterocycles. The second kappa shape index (κ2) is 9.94. The van der Waals surface area contributed by atoms with Crippen molar-refractivity contribution in [3.8, 4) is 5.75 Å². The molecular weight excluding hydrogens is 368 g/mol. The number of furan rings is 1. The maximum atomic E-state index is 12.1. The van der Waals surface area contributed by atoms with E-state index in [-0.39, 0.29) is 17.6 Å². The first-order chi connectivity index (χ1) is 14.1. The smallest absolute Gasteiger partial charge is 0.291 e. The molecule has 0 spiro atoms. The van der Waals surface area contributed by atoms with E-state index in [1.165, 1.54) is 12.3 Å². The summed E-state index contributed by atoms with van der Waals surface area (Å²) in [5, 5.41) is 5.50. The van der Waals surface area contributed by atoms with Crippen LogP contribution in [0.2, 0.25) is 0 Å². The van der Waals surface area contributed by atoms with E-state index < -0.39 is 0 Å². The third-order valence-electron chi connectivity index (χ3n) is 3.94. The van der Waals surface area contributed by atoms with Crippen LogP contribution in [0.3, 0.4) is 0 Å². The Morgan fingerprint density at radius 3 is 2.28 bits per heavy atom. The fraction of sp³-hybridized carbons (Fsp3) is 0.130. The normalized spacial score (nSPS) is 10.7. The van der Waals surface area contributed by atoms with E-state index in [2.05, 4.69) is 17.6 Å². The molecule has 3 rings (SSSR count). The number of hydrogen-bond acceptors (Lipinski definition) is 4. The molecule has 0 bridgehead atoms. The van der Waals surface area contributed by atoms with Crippen LogP contribution >= 0.6 is 0 Å².